The minimum absolute atomic E-state index is 0.497. The van der Waals surface area contributed by atoms with Gasteiger partial charge in [0.05, 0.1) is 18.3 Å². The van der Waals surface area contributed by atoms with Crippen molar-refractivity contribution in [2.45, 2.75) is 58.2 Å². The average molecular weight is 313 g/mol. The maximum Gasteiger partial charge on any atom is 0.126 e. The number of benzene rings is 1. The number of hydrogen-bond acceptors (Lipinski definition) is 3. The van der Waals surface area contributed by atoms with E-state index in [1.165, 1.54) is 0 Å². The van der Waals surface area contributed by atoms with Gasteiger partial charge in [-0.3, -0.25) is 0 Å². The van der Waals surface area contributed by atoms with Gasteiger partial charge in [0.25, 0.3) is 0 Å². The zero-order valence-electron chi connectivity index (χ0n) is 13.1. The summed E-state index contributed by atoms with van der Waals surface area (Å²) >= 11 is 6.19. The van der Waals surface area contributed by atoms with E-state index in [9.17, 15) is 5.11 Å². The number of hydrogen-bond donors (Lipinski definition) is 1. The molecule has 0 aliphatic carbocycles. The predicted octanol–water partition coefficient (Wildman–Crippen LogP) is 3.77. The molecule has 0 saturated heterocycles. The zero-order chi connectivity index (χ0) is 15.5. The maximum absolute atomic E-state index is 10.7. The van der Waals surface area contributed by atoms with E-state index in [0.717, 1.165) is 36.1 Å². The second-order valence-corrected chi connectivity index (χ2v) is 6.01. The summed E-state index contributed by atoms with van der Waals surface area (Å²) in [6, 6.07) is 3.85. The summed E-state index contributed by atoms with van der Waals surface area (Å²) in [6.07, 6.45) is 2.38. The van der Waals surface area contributed by atoms with Crippen LogP contribution < -0.4 is 4.74 Å². The first-order valence-electron chi connectivity index (χ1n) is 7.82. The lowest BCUT2D eigenvalue weighted by atomic mass is 9.86. The van der Waals surface area contributed by atoms with E-state index >= 15 is 0 Å². The lowest BCUT2D eigenvalue weighted by Crippen LogP contribution is -2.45. The molecule has 1 unspecified atom stereocenters. The van der Waals surface area contributed by atoms with Crippen molar-refractivity contribution < 1.29 is 14.6 Å². The van der Waals surface area contributed by atoms with Crippen LogP contribution in [0, 0.1) is 0 Å². The Hall–Kier alpha value is -0.770. The maximum atomic E-state index is 10.7. The molecule has 3 nitrogen and oxygen atoms in total. The normalized spacial score (nSPS) is 15.7. The smallest absolute Gasteiger partial charge is 0.126 e. The average Bonchev–Trinajstić information content (AvgIpc) is 2.93. The summed E-state index contributed by atoms with van der Waals surface area (Å²) in [5.74, 6) is 0.899. The van der Waals surface area contributed by atoms with Crippen LogP contribution in [0.4, 0.5) is 0 Å². The lowest BCUT2D eigenvalue weighted by Gasteiger charge is -2.36. The highest BCUT2D eigenvalue weighted by molar-refractivity contribution is 6.30. The Morgan fingerprint density at radius 2 is 2.05 bits per heavy atom. The molecule has 1 aliphatic rings. The van der Waals surface area contributed by atoms with Crippen LogP contribution in [0.2, 0.25) is 5.02 Å². The van der Waals surface area contributed by atoms with Crippen LogP contribution >= 0.6 is 11.6 Å². The fourth-order valence-corrected chi connectivity index (χ4v) is 3.46. The molecule has 0 bridgehead atoms. The molecule has 4 heteroatoms. The van der Waals surface area contributed by atoms with Crippen molar-refractivity contribution in [1.29, 1.82) is 0 Å². The highest BCUT2D eigenvalue weighted by atomic mass is 35.5. The quantitative estimate of drug-likeness (QED) is 0.833. The molecule has 1 heterocycles. The van der Waals surface area contributed by atoms with Gasteiger partial charge in [-0.1, -0.05) is 25.4 Å². The van der Waals surface area contributed by atoms with E-state index in [1.54, 1.807) is 0 Å². The van der Waals surface area contributed by atoms with Gasteiger partial charge in [-0.25, -0.2) is 0 Å². The molecule has 21 heavy (non-hydrogen) atoms. The van der Waals surface area contributed by atoms with E-state index in [2.05, 4.69) is 13.8 Å². The second kappa shape index (κ2) is 6.99. The highest BCUT2D eigenvalue weighted by Gasteiger charge is 2.36. The van der Waals surface area contributed by atoms with Crippen molar-refractivity contribution in [2.75, 3.05) is 13.2 Å². The highest BCUT2D eigenvalue weighted by Crippen LogP contribution is 2.36. The van der Waals surface area contributed by atoms with Gasteiger partial charge in [0.15, 0.2) is 0 Å². The van der Waals surface area contributed by atoms with Crippen LogP contribution in [-0.2, 0) is 17.6 Å². The van der Waals surface area contributed by atoms with E-state index < -0.39 is 11.7 Å². The monoisotopic (exact) mass is 312 g/mol. The van der Waals surface area contributed by atoms with Crippen molar-refractivity contribution >= 4 is 11.6 Å². The third-order valence-electron chi connectivity index (χ3n) is 4.47. The third kappa shape index (κ3) is 3.36. The molecular weight excluding hydrogens is 288 g/mol. The van der Waals surface area contributed by atoms with Crippen molar-refractivity contribution in [3.8, 4) is 5.75 Å². The number of ether oxygens (including phenoxy) is 2. The first-order chi connectivity index (χ1) is 10.1. The predicted molar refractivity (Wildman–Crippen MR) is 85.3 cm³/mol. The molecule has 2 rings (SSSR count). The summed E-state index contributed by atoms with van der Waals surface area (Å²) in [5, 5.41) is 11.4. The van der Waals surface area contributed by atoms with Gasteiger partial charge in [-0.05, 0) is 43.0 Å². The van der Waals surface area contributed by atoms with Gasteiger partial charge in [0, 0.05) is 24.5 Å². The molecule has 0 aromatic heterocycles. The standard InChI is InChI=1S/C17H25ClO3/c1-4-17(5-2,21-6-3)15(19)11-13-10-14(18)9-12-7-8-20-16(12)13/h9-10,15,19H,4-8,11H2,1-3H3. The second-order valence-electron chi connectivity index (χ2n) is 5.58. The van der Waals surface area contributed by atoms with Crippen LogP contribution in [0.1, 0.15) is 44.7 Å². The van der Waals surface area contributed by atoms with Crippen molar-refractivity contribution in [3.63, 3.8) is 0 Å². The van der Waals surface area contributed by atoms with E-state index in [-0.39, 0.29) is 0 Å². The van der Waals surface area contributed by atoms with Crippen molar-refractivity contribution in [2.24, 2.45) is 0 Å². The Morgan fingerprint density at radius 1 is 1.33 bits per heavy atom. The van der Waals surface area contributed by atoms with Gasteiger partial charge in [0.1, 0.15) is 5.75 Å². The first kappa shape index (κ1) is 16.6. The number of rotatable bonds is 7. The van der Waals surface area contributed by atoms with Crippen molar-refractivity contribution in [1.82, 2.24) is 0 Å². The fourth-order valence-electron chi connectivity index (χ4n) is 3.20. The summed E-state index contributed by atoms with van der Waals surface area (Å²) in [5.41, 5.74) is 1.62. The molecule has 1 aromatic carbocycles. The lowest BCUT2D eigenvalue weighted by molar-refractivity contribution is -0.124. The topological polar surface area (TPSA) is 38.7 Å². The Bertz CT molecular complexity index is 483. The molecule has 1 atom stereocenters. The number of halogens is 1. The SMILES string of the molecule is CCOC(CC)(CC)C(O)Cc1cc(Cl)cc2c1OCC2. The van der Waals surface area contributed by atoms with Crippen molar-refractivity contribution in [3.05, 3.63) is 28.3 Å². The summed E-state index contributed by atoms with van der Waals surface area (Å²) in [6.45, 7) is 7.37. The Kier molecular flexibility index (Phi) is 5.53. The molecule has 0 amide bonds. The van der Waals surface area contributed by atoms with Gasteiger partial charge in [-0.15, -0.1) is 0 Å². The molecule has 0 saturated carbocycles. The molecule has 118 valence electrons. The molecule has 1 N–H and O–H groups in total. The van der Waals surface area contributed by atoms with Crippen LogP contribution in [0.25, 0.3) is 0 Å². The first-order valence-corrected chi connectivity index (χ1v) is 8.20. The van der Waals surface area contributed by atoms with E-state index in [4.69, 9.17) is 21.1 Å². The number of fused-ring (bicyclic) bond motifs is 1. The van der Waals surface area contributed by atoms with Gasteiger partial charge in [-0.2, -0.15) is 0 Å². The Morgan fingerprint density at radius 3 is 2.67 bits per heavy atom. The number of aliphatic hydroxyl groups excluding tert-OH is 1. The fraction of sp³-hybridized carbons (Fsp3) is 0.647. The van der Waals surface area contributed by atoms with Gasteiger partial charge < -0.3 is 14.6 Å². The van der Waals surface area contributed by atoms with E-state index in [0.29, 0.717) is 24.7 Å². The summed E-state index contributed by atoms with van der Waals surface area (Å²) in [7, 11) is 0. The molecule has 1 aliphatic heterocycles. The minimum atomic E-state index is -0.570. The third-order valence-corrected chi connectivity index (χ3v) is 4.69. The minimum Gasteiger partial charge on any atom is -0.493 e. The number of aliphatic hydroxyl groups is 1. The molecule has 0 fully saturated rings. The van der Waals surface area contributed by atoms with Gasteiger partial charge in [0.2, 0.25) is 0 Å². The van der Waals surface area contributed by atoms with E-state index in [1.807, 2.05) is 19.1 Å². The summed E-state index contributed by atoms with van der Waals surface area (Å²) < 4.78 is 11.6. The Labute approximate surface area is 132 Å². The molecule has 1 aromatic rings. The van der Waals surface area contributed by atoms with Gasteiger partial charge >= 0.3 is 0 Å². The summed E-state index contributed by atoms with van der Waals surface area (Å²) in [4.78, 5) is 0. The molecule has 0 radical (unpaired) electrons. The van der Waals surface area contributed by atoms with Crippen LogP contribution in [0.5, 0.6) is 5.75 Å². The van der Waals surface area contributed by atoms with Crippen LogP contribution in [0.3, 0.4) is 0 Å². The van der Waals surface area contributed by atoms with Crippen LogP contribution in [0.15, 0.2) is 12.1 Å². The molecule has 0 spiro atoms. The van der Waals surface area contributed by atoms with Crippen LogP contribution in [-0.4, -0.2) is 30.0 Å². The zero-order valence-corrected chi connectivity index (χ0v) is 13.9. The molecular formula is C17H25ClO3. The Balaban J connectivity index is 2.25. The largest absolute Gasteiger partial charge is 0.493 e.